The number of hydrogen-bond donors (Lipinski definition) is 2. The Bertz CT molecular complexity index is 742. The Morgan fingerprint density at radius 1 is 1.04 bits per heavy atom. The summed E-state index contributed by atoms with van der Waals surface area (Å²) in [6, 6.07) is 15.1. The van der Waals surface area contributed by atoms with Gasteiger partial charge in [-0.05, 0) is 50.1 Å². The average Bonchev–Trinajstić information content (AvgIpc) is 2.56. The zero-order valence-electron chi connectivity index (χ0n) is 14.0. The van der Waals surface area contributed by atoms with Gasteiger partial charge in [-0.2, -0.15) is 0 Å². The van der Waals surface area contributed by atoms with E-state index in [-0.39, 0.29) is 11.8 Å². The van der Waals surface area contributed by atoms with E-state index in [4.69, 9.17) is 0 Å². The Labute approximate surface area is 150 Å². The van der Waals surface area contributed by atoms with Crippen molar-refractivity contribution in [2.24, 2.45) is 5.41 Å². The predicted octanol–water partition coefficient (Wildman–Crippen LogP) is 4.04. The van der Waals surface area contributed by atoms with Crippen molar-refractivity contribution in [3.63, 3.8) is 0 Å². The molecule has 0 atom stereocenters. The van der Waals surface area contributed by atoms with Crippen LogP contribution < -0.4 is 10.6 Å². The number of rotatable bonds is 5. The lowest BCUT2D eigenvalue weighted by molar-refractivity contribution is -0.138. The van der Waals surface area contributed by atoms with Crippen molar-refractivity contribution in [3.05, 3.63) is 64.1 Å². The maximum absolute atomic E-state index is 12.5. The van der Waals surface area contributed by atoms with Crippen LogP contribution in [0.2, 0.25) is 0 Å². The predicted molar refractivity (Wildman–Crippen MR) is 99.6 cm³/mol. The molecule has 2 aromatic rings. The van der Waals surface area contributed by atoms with Gasteiger partial charge >= 0.3 is 0 Å². The first-order valence-electron chi connectivity index (χ1n) is 7.70. The van der Waals surface area contributed by atoms with Crippen LogP contribution in [0.5, 0.6) is 0 Å². The molecule has 0 saturated heterocycles. The van der Waals surface area contributed by atoms with Gasteiger partial charge < -0.3 is 10.6 Å². The van der Waals surface area contributed by atoms with E-state index in [1.54, 1.807) is 19.9 Å². The Morgan fingerprint density at radius 2 is 1.71 bits per heavy atom. The third kappa shape index (κ3) is 4.45. The van der Waals surface area contributed by atoms with Gasteiger partial charge in [-0.25, -0.2) is 0 Å². The van der Waals surface area contributed by atoms with Crippen molar-refractivity contribution in [1.29, 1.82) is 0 Å². The maximum atomic E-state index is 12.5. The minimum absolute atomic E-state index is 0.308. The standard InChI is InChI=1S/C19H21BrN2O2/c1-13-11-15(9-10-16(13)20)22-18(24)19(2,3)17(23)21-12-14-7-5-4-6-8-14/h4-11H,12H2,1-3H3,(H,21,23)(H,22,24). The van der Waals surface area contributed by atoms with Crippen molar-refractivity contribution in [2.75, 3.05) is 5.32 Å². The van der Waals surface area contributed by atoms with Crippen molar-refractivity contribution in [3.8, 4) is 0 Å². The lowest BCUT2D eigenvalue weighted by atomic mass is 9.90. The number of carbonyl (C=O) groups excluding carboxylic acids is 2. The molecule has 0 aliphatic rings. The van der Waals surface area contributed by atoms with Crippen LogP contribution in [0.1, 0.15) is 25.0 Å². The van der Waals surface area contributed by atoms with E-state index in [2.05, 4.69) is 26.6 Å². The first-order valence-corrected chi connectivity index (χ1v) is 8.50. The summed E-state index contributed by atoms with van der Waals surface area (Å²) in [6.07, 6.45) is 0. The van der Waals surface area contributed by atoms with E-state index in [0.29, 0.717) is 12.2 Å². The Kier molecular flexibility index (Phi) is 5.78. The molecule has 2 N–H and O–H groups in total. The second kappa shape index (κ2) is 7.62. The van der Waals surface area contributed by atoms with Gasteiger partial charge in [-0.3, -0.25) is 9.59 Å². The molecule has 0 heterocycles. The minimum atomic E-state index is -1.17. The van der Waals surface area contributed by atoms with E-state index >= 15 is 0 Å². The molecular weight excluding hydrogens is 368 g/mol. The van der Waals surface area contributed by atoms with Crippen LogP contribution in [0.3, 0.4) is 0 Å². The molecule has 126 valence electrons. The third-order valence-electron chi connectivity index (χ3n) is 3.85. The maximum Gasteiger partial charge on any atom is 0.239 e. The summed E-state index contributed by atoms with van der Waals surface area (Å²) < 4.78 is 0.973. The highest BCUT2D eigenvalue weighted by molar-refractivity contribution is 9.10. The summed E-state index contributed by atoms with van der Waals surface area (Å²) in [5, 5.41) is 5.63. The van der Waals surface area contributed by atoms with Crippen molar-refractivity contribution < 1.29 is 9.59 Å². The lowest BCUT2D eigenvalue weighted by Gasteiger charge is -2.23. The van der Waals surface area contributed by atoms with Gasteiger partial charge in [-0.1, -0.05) is 46.3 Å². The summed E-state index contributed by atoms with van der Waals surface area (Å²) >= 11 is 3.42. The molecule has 0 aliphatic heterocycles. The summed E-state index contributed by atoms with van der Waals surface area (Å²) in [4.78, 5) is 24.9. The van der Waals surface area contributed by atoms with Crippen molar-refractivity contribution >= 4 is 33.4 Å². The smallest absolute Gasteiger partial charge is 0.239 e. The molecule has 0 aliphatic carbocycles. The molecular formula is C19H21BrN2O2. The van der Waals surface area contributed by atoms with Gasteiger partial charge in [0.25, 0.3) is 0 Å². The minimum Gasteiger partial charge on any atom is -0.351 e. The van der Waals surface area contributed by atoms with Crippen LogP contribution in [-0.4, -0.2) is 11.8 Å². The first-order chi connectivity index (χ1) is 11.3. The zero-order chi connectivity index (χ0) is 17.7. The highest BCUT2D eigenvalue weighted by Gasteiger charge is 2.35. The zero-order valence-corrected chi connectivity index (χ0v) is 15.6. The van der Waals surface area contributed by atoms with E-state index in [1.807, 2.05) is 49.4 Å². The molecule has 0 unspecified atom stereocenters. The molecule has 0 aromatic heterocycles. The largest absolute Gasteiger partial charge is 0.351 e. The van der Waals surface area contributed by atoms with Crippen molar-refractivity contribution in [2.45, 2.75) is 27.3 Å². The van der Waals surface area contributed by atoms with Gasteiger partial charge in [0.05, 0.1) is 0 Å². The number of hydrogen-bond acceptors (Lipinski definition) is 2. The Hall–Kier alpha value is -2.14. The fraction of sp³-hybridized carbons (Fsp3) is 0.263. The summed E-state index contributed by atoms with van der Waals surface area (Å²) in [5.41, 5.74) is 1.50. The van der Waals surface area contributed by atoms with Gasteiger partial charge in [0.1, 0.15) is 5.41 Å². The number of carbonyl (C=O) groups is 2. The molecule has 0 fully saturated rings. The number of anilines is 1. The molecule has 24 heavy (non-hydrogen) atoms. The highest BCUT2D eigenvalue weighted by atomic mass is 79.9. The molecule has 2 amide bonds. The van der Waals surface area contributed by atoms with Gasteiger partial charge in [0, 0.05) is 16.7 Å². The van der Waals surface area contributed by atoms with Crippen LogP contribution in [0.4, 0.5) is 5.69 Å². The Balaban J connectivity index is 2.00. The number of benzene rings is 2. The topological polar surface area (TPSA) is 58.2 Å². The average molecular weight is 389 g/mol. The van der Waals surface area contributed by atoms with Crippen LogP contribution in [0.25, 0.3) is 0 Å². The number of aryl methyl sites for hydroxylation is 1. The van der Waals surface area contributed by atoms with Gasteiger partial charge in [0.2, 0.25) is 11.8 Å². The van der Waals surface area contributed by atoms with Crippen LogP contribution in [0, 0.1) is 12.3 Å². The van der Waals surface area contributed by atoms with E-state index in [1.165, 1.54) is 0 Å². The molecule has 0 bridgehead atoms. The second-order valence-electron chi connectivity index (χ2n) is 6.21. The molecule has 0 saturated carbocycles. The molecule has 4 nitrogen and oxygen atoms in total. The van der Waals surface area contributed by atoms with Gasteiger partial charge in [-0.15, -0.1) is 0 Å². The molecule has 5 heteroatoms. The Morgan fingerprint density at radius 3 is 2.33 bits per heavy atom. The van der Waals surface area contributed by atoms with E-state index in [0.717, 1.165) is 15.6 Å². The third-order valence-corrected chi connectivity index (χ3v) is 4.74. The lowest BCUT2D eigenvalue weighted by Crippen LogP contribution is -2.44. The SMILES string of the molecule is Cc1cc(NC(=O)C(C)(C)C(=O)NCc2ccccc2)ccc1Br. The quantitative estimate of drug-likeness (QED) is 0.759. The van der Waals surface area contributed by atoms with E-state index < -0.39 is 5.41 Å². The van der Waals surface area contributed by atoms with E-state index in [9.17, 15) is 9.59 Å². The summed E-state index contributed by atoms with van der Waals surface area (Å²) in [5.74, 6) is -0.646. The van der Waals surface area contributed by atoms with Gasteiger partial charge in [0.15, 0.2) is 0 Å². The monoisotopic (exact) mass is 388 g/mol. The molecule has 2 aromatic carbocycles. The summed E-state index contributed by atoms with van der Waals surface area (Å²) in [6.45, 7) is 5.58. The van der Waals surface area contributed by atoms with Crippen LogP contribution in [-0.2, 0) is 16.1 Å². The first kappa shape index (κ1) is 18.2. The van der Waals surface area contributed by atoms with Crippen LogP contribution in [0.15, 0.2) is 53.0 Å². The normalized spacial score (nSPS) is 11.0. The molecule has 0 radical (unpaired) electrons. The number of halogens is 1. The second-order valence-corrected chi connectivity index (χ2v) is 7.07. The summed E-state index contributed by atoms with van der Waals surface area (Å²) in [7, 11) is 0. The number of amides is 2. The molecule has 0 spiro atoms. The van der Waals surface area contributed by atoms with Crippen LogP contribution >= 0.6 is 15.9 Å². The fourth-order valence-corrected chi connectivity index (χ4v) is 2.36. The fourth-order valence-electron chi connectivity index (χ4n) is 2.11. The molecule has 2 rings (SSSR count). The number of nitrogens with one attached hydrogen (secondary N) is 2. The van der Waals surface area contributed by atoms with Crippen molar-refractivity contribution in [1.82, 2.24) is 5.32 Å². The highest BCUT2D eigenvalue weighted by Crippen LogP contribution is 2.23.